The average Bonchev–Trinajstić information content (AvgIpc) is 3.50. The van der Waals surface area contributed by atoms with Gasteiger partial charge in [0.25, 0.3) is 0 Å². The molecule has 29 heavy (non-hydrogen) atoms. The first-order valence-electron chi connectivity index (χ1n) is 10.1. The molecule has 146 valence electrons. The third-order valence-corrected chi connectivity index (χ3v) is 7.00. The summed E-state index contributed by atoms with van der Waals surface area (Å²) in [5, 5.41) is 1.15. The first-order valence-corrected chi connectivity index (χ1v) is 10.9. The lowest BCUT2D eigenvalue weighted by molar-refractivity contribution is -0.159. The molecule has 5 nitrogen and oxygen atoms in total. The Balaban J connectivity index is 1.55. The van der Waals surface area contributed by atoms with E-state index in [1.54, 1.807) is 0 Å². The molecule has 2 atom stereocenters. The highest BCUT2D eigenvalue weighted by Crippen LogP contribution is 2.43. The highest BCUT2D eigenvalue weighted by atomic mass is 79.9. The van der Waals surface area contributed by atoms with Gasteiger partial charge in [-0.25, -0.2) is 0 Å². The lowest BCUT2D eigenvalue weighted by Gasteiger charge is -2.47. The SMILES string of the molecule is O=C1C2Cc3c([nH]c4ccccc34)C(c3ccc(Br)cc3)N2C(=O)CN1C1CC1. The molecule has 0 radical (unpaired) electrons. The fraction of sp³-hybridized carbons (Fsp3) is 0.304. The number of halogens is 1. The number of para-hydroxylation sites is 1. The smallest absolute Gasteiger partial charge is 0.246 e. The lowest BCUT2D eigenvalue weighted by atomic mass is 9.86. The van der Waals surface area contributed by atoms with Gasteiger partial charge in [-0.15, -0.1) is 0 Å². The van der Waals surface area contributed by atoms with Crippen LogP contribution in [0.3, 0.4) is 0 Å². The number of carbonyl (C=O) groups is 2. The average molecular weight is 450 g/mol. The van der Waals surface area contributed by atoms with Gasteiger partial charge in [0.2, 0.25) is 11.8 Å². The Morgan fingerprint density at radius 3 is 2.52 bits per heavy atom. The maximum absolute atomic E-state index is 13.4. The molecule has 2 unspecified atom stereocenters. The summed E-state index contributed by atoms with van der Waals surface area (Å²) < 4.78 is 0.992. The zero-order valence-corrected chi connectivity index (χ0v) is 17.4. The van der Waals surface area contributed by atoms with Crippen molar-refractivity contribution in [3.05, 3.63) is 69.8 Å². The van der Waals surface area contributed by atoms with E-state index in [1.165, 1.54) is 0 Å². The van der Waals surface area contributed by atoms with Gasteiger partial charge in [0.15, 0.2) is 0 Å². The number of nitrogens with one attached hydrogen (secondary N) is 1. The molecular formula is C23H20BrN3O2. The van der Waals surface area contributed by atoms with Gasteiger partial charge in [-0.1, -0.05) is 46.3 Å². The van der Waals surface area contributed by atoms with Gasteiger partial charge in [0.05, 0.1) is 6.04 Å². The van der Waals surface area contributed by atoms with Crippen LogP contribution in [0, 0.1) is 0 Å². The highest BCUT2D eigenvalue weighted by molar-refractivity contribution is 9.10. The molecule has 3 aromatic rings. The number of H-pyrrole nitrogens is 1. The van der Waals surface area contributed by atoms with E-state index >= 15 is 0 Å². The number of aromatic amines is 1. The van der Waals surface area contributed by atoms with Gasteiger partial charge in [-0.05, 0) is 42.2 Å². The van der Waals surface area contributed by atoms with Gasteiger partial charge in [-0.3, -0.25) is 9.59 Å². The summed E-state index contributed by atoms with van der Waals surface area (Å²) in [4.78, 5) is 33.9. The molecule has 3 heterocycles. The van der Waals surface area contributed by atoms with Crippen molar-refractivity contribution < 1.29 is 9.59 Å². The highest BCUT2D eigenvalue weighted by Gasteiger charge is 2.50. The van der Waals surface area contributed by atoms with E-state index in [-0.39, 0.29) is 30.4 Å². The number of nitrogens with zero attached hydrogens (tertiary/aromatic N) is 2. The first kappa shape index (κ1) is 17.3. The second-order valence-corrected chi connectivity index (χ2v) is 9.15. The number of piperazine rings is 1. The minimum absolute atomic E-state index is 0.0405. The summed E-state index contributed by atoms with van der Waals surface area (Å²) in [6.45, 7) is 0.197. The quantitative estimate of drug-likeness (QED) is 0.646. The molecule has 1 saturated heterocycles. The van der Waals surface area contributed by atoms with Crippen molar-refractivity contribution in [2.45, 2.75) is 37.4 Å². The standard InChI is InChI=1S/C23H20BrN3O2/c24-14-7-5-13(6-8-14)22-21-17(16-3-1-2-4-18(16)25-21)11-19-23(29)26(15-9-10-15)12-20(28)27(19)22/h1-8,15,19,22,25H,9-12H2. The number of carbonyl (C=O) groups excluding carboxylic acids is 2. The normalized spacial score (nSPS) is 24.0. The fourth-order valence-electron chi connectivity index (χ4n) is 4.97. The Morgan fingerprint density at radius 1 is 1.00 bits per heavy atom. The van der Waals surface area contributed by atoms with Gasteiger partial charge in [0.1, 0.15) is 12.6 Å². The third-order valence-electron chi connectivity index (χ3n) is 6.47. The van der Waals surface area contributed by atoms with Gasteiger partial charge in [-0.2, -0.15) is 0 Å². The molecule has 1 saturated carbocycles. The number of hydrogen-bond acceptors (Lipinski definition) is 2. The Hall–Kier alpha value is -2.60. The van der Waals surface area contributed by atoms with Crippen LogP contribution >= 0.6 is 15.9 Å². The first-order chi connectivity index (χ1) is 14.1. The Kier molecular flexibility index (Phi) is 3.69. The van der Waals surface area contributed by atoms with E-state index < -0.39 is 6.04 Å². The molecule has 2 aliphatic heterocycles. The summed E-state index contributed by atoms with van der Waals surface area (Å²) in [5.74, 6) is 0.142. The number of benzene rings is 2. The zero-order valence-electron chi connectivity index (χ0n) is 15.8. The van der Waals surface area contributed by atoms with Crippen LogP contribution in [0.25, 0.3) is 10.9 Å². The van der Waals surface area contributed by atoms with Crippen LogP contribution in [-0.2, 0) is 16.0 Å². The Bertz CT molecular complexity index is 1150. The second-order valence-electron chi connectivity index (χ2n) is 8.24. The van der Waals surface area contributed by atoms with E-state index in [2.05, 4.69) is 33.0 Å². The van der Waals surface area contributed by atoms with Crippen molar-refractivity contribution in [3.63, 3.8) is 0 Å². The summed E-state index contributed by atoms with van der Waals surface area (Å²) in [6.07, 6.45) is 2.60. The van der Waals surface area contributed by atoms with E-state index in [9.17, 15) is 9.59 Å². The summed E-state index contributed by atoms with van der Waals surface area (Å²) in [5.41, 5.74) is 4.27. The Morgan fingerprint density at radius 2 is 1.76 bits per heavy atom. The van der Waals surface area contributed by atoms with Crippen molar-refractivity contribution >= 4 is 38.6 Å². The second kappa shape index (κ2) is 6.20. The molecule has 2 amide bonds. The monoisotopic (exact) mass is 449 g/mol. The molecule has 2 aromatic carbocycles. The van der Waals surface area contributed by atoms with Crippen molar-refractivity contribution in [2.24, 2.45) is 0 Å². The van der Waals surface area contributed by atoms with Gasteiger partial charge >= 0.3 is 0 Å². The van der Waals surface area contributed by atoms with E-state index in [0.29, 0.717) is 6.42 Å². The van der Waals surface area contributed by atoms with Crippen molar-refractivity contribution in [3.8, 4) is 0 Å². The van der Waals surface area contributed by atoms with Crippen molar-refractivity contribution in [1.29, 1.82) is 0 Å². The van der Waals surface area contributed by atoms with Crippen LogP contribution in [0.15, 0.2) is 53.0 Å². The van der Waals surface area contributed by atoms with Crippen LogP contribution in [0.5, 0.6) is 0 Å². The third kappa shape index (κ3) is 2.58. The summed E-state index contributed by atoms with van der Waals surface area (Å²) >= 11 is 3.50. The zero-order chi connectivity index (χ0) is 19.7. The number of amides is 2. The molecule has 6 heteroatoms. The number of fused-ring (bicyclic) bond motifs is 4. The van der Waals surface area contributed by atoms with Crippen LogP contribution in [0.4, 0.5) is 0 Å². The predicted octanol–water partition coefficient (Wildman–Crippen LogP) is 3.78. The van der Waals surface area contributed by atoms with Crippen molar-refractivity contribution in [2.75, 3.05) is 6.54 Å². The van der Waals surface area contributed by atoms with Crippen LogP contribution in [-0.4, -0.2) is 45.2 Å². The minimum Gasteiger partial charge on any atom is -0.356 e. The number of hydrogen-bond donors (Lipinski definition) is 1. The summed E-state index contributed by atoms with van der Waals surface area (Å²) in [7, 11) is 0. The molecular weight excluding hydrogens is 430 g/mol. The molecule has 6 rings (SSSR count). The molecule has 0 spiro atoms. The van der Waals surface area contributed by atoms with Crippen LogP contribution in [0.2, 0.25) is 0 Å². The molecule has 1 aromatic heterocycles. The van der Waals surface area contributed by atoms with E-state index in [4.69, 9.17) is 0 Å². The molecule has 1 aliphatic carbocycles. The van der Waals surface area contributed by atoms with E-state index in [1.807, 2.05) is 46.2 Å². The van der Waals surface area contributed by atoms with E-state index in [0.717, 1.165) is 45.0 Å². The van der Waals surface area contributed by atoms with Gasteiger partial charge in [0, 0.05) is 33.5 Å². The largest absolute Gasteiger partial charge is 0.356 e. The number of rotatable bonds is 2. The molecule has 1 N–H and O–H groups in total. The maximum Gasteiger partial charge on any atom is 0.246 e. The van der Waals surface area contributed by atoms with Gasteiger partial charge < -0.3 is 14.8 Å². The molecule has 0 bridgehead atoms. The minimum atomic E-state index is -0.433. The lowest BCUT2D eigenvalue weighted by Crippen LogP contribution is -2.63. The summed E-state index contributed by atoms with van der Waals surface area (Å²) in [6, 6.07) is 15.8. The van der Waals surface area contributed by atoms with Crippen LogP contribution < -0.4 is 0 Å². The molecule has 3 aliphatic rings. The Labute approximate surface area is 176 Å². The maximum atomic E-state index is 13.4. The fourth-order valence-corrected chi connectivity index (χ4v) is 5.24. The predicted molar refractivity (Wildman–Crippen MR) is 113 cm³/mol. The number of aromatic nitrogens is 1. The molecule has 2 fully saturated rings. The topological polar surface area (TPSA) is 56.4 Å². The van der Waals surface area contributed by atoms with Crippen LogP contribution in [0.1, 0.15) is 35.7 Å². The van der Waals surface area contributed by atoms with Crippen molar-refractivity contribution in [1.82, 2.24) is 14.8 Å².